The molecule has 0 unspecified atom stereocenters. The van der Waals surface area contributed by atoms with Gasteiger partial charge in [0.1, 0.15) is 6.61 Å². The van der Waals surface area contributed by atoms with Crippen molar-refractivity contribution < 1.29 is 19.4 Å². The minimum Gasteiger partial charge on any atom is -0.387 e. The minimum absolute atomic E-state index is 0.0267. The normalized spacial score (nSPS) is 23.3. The molecule has 1 N–H and O–H groups in total. The van der Waals surface area contributed by atoms with Gasteiger partial charge in [0.15, 0.2) is 0 Å². The minimum atomic E-state index is -0.529. The van der Waals surface area contributed by atoms with Crippen LogP contribution in [-0.2, 0) is 14.3 Å². The average Bonchev–Trinajstić information content (AvgIpc) is 3.20. The van der Waals surface area contributed by atoms with Crippen LogP contribution >= 0.6 is 11.3 Å². The number of morpholine rings is 1. The second kappa shape index (κ2) is 7.42. The first-order chi connectivity index (χ1) is 11.1. The summed E-state index contributed by atoms with van der Waals surface area (Å²) in [6.45, 7) is 1.85. The monoisotopic (exact) mass is 338 g/mol. The Balaban J connectivity index is 1.57. The highest BCUT2D eigenvalue weighted by Gasteiger charge is 2.32. The molecule has 0 aromatic carbocycles. The standard InChI is InChI=1S/C16H22N2O4S/c19-13(14-4-2-8-23-14)9-12-3-1-5-18(12)15(20)10-17-6-7-22-11-16(17)21/h2,4,8,12-13,19H,1,3,5-7,9-11H2/t12-,13+/m1/s1. The number of aliphatic hydroxyl groups is 1. The molecule has 2 amide bonds. The Morgan fingerprint density at radius 2 is 2.35 bits per heavy atom. The molecule has 2 atom stereocenters. The number of carbonyl (C=O) groups is 2. The molecule has 0 spiro atoms. The van der Waals surface area contributed by atoms with Crippen LogP contribution < -0.4 is 0 Å². The van der Waals surface area contributed by atoms with Gasteiger partial charge < -0.3 is 19.6 Å². The third-order valence-electron chi connectivity index (χ3n) is 4.47. The summed E-state index contributed by atoms with van der Waals surface area (Å²) in [6.07, 6.45) is 1.89. The molecule has 2 aliphatic heterocycles. The van der Waals surface area contributed by atoms with Crippen molar-refractivity contribution >= 4 is 23.2 Å². The van der Waals surface area contributed by atoms with Crippen molar-refractivity contribution in [1.29, 1.82) is 0 Å². The van der Waals surface area contributed by atoms with Crippen LogP contribution in [0.15, 0.2) is 17.5 Å². The van der Waals surface area contributed by atoms with Gasteiger partial charge in [-0.15, -0.1) is 11.3 Å². The molecule has 2 fully saturated rings. The Morgan fingerprint density at radius 3 is 3.09 bits per heavy atom. The molecular weight excluding hydrogens is 316 g/mol. The summed E-state index contributed by atoms with van der Waals surface area (Å²) in [5, 5.41) is 12.3. The molecule has 0 bridgehead atoms. The predicted molar refractivity (Wildman–Crippen MR) is 86.0 cm³/mol. The van der Waals surface area contributed by atoms with Crippen LogP contribution in [0.1, 0.15) is 30.2 Å². The van der Waals surface area contributed by atoms with Gasteiger partial charge in [-0.05, 0) is 30.7 Å². The largest absolute Gasteiger partial charge is 0.387 e. The van der Waals surface area contributed by atoms with E-state index in [1.807, 2.05) is 22.4 Å². The third-order valence-corrected chi connectivity index (χ3v) is 5.45. The van der Waals surface area contributed by atoms with E-state index >= 15 is 0 Å². The maximum absolute atomic E-state index is 12.5. The fraction of sp³-hybridized carbons (Fsp3) is 0.625. The van der Waals surface area contributed by atoms with Gasteiger partial charge in [0.25, 0.3) is 0 Å². The first kappa shape index (κ1) is 16.4. The summed E-state index contributed by atoms with van der Waals surface area (Å²) in [5.41, 5.74) is 0. The highest BCUT2D eigenvalue weighted by molar-refractivity contribution is 7.10. The summed E-state index contributed by atoms with van der Waals surface area (Å²) in [5.74, 6) is -0.153. The number of likely N-dealkylation sites (tertiary alicyclic amines) is 1. The molecule has 3 rings (SSSR count). The van der Waals surface area contributed by atoms with E-state index in [9.17, 15) is 14.7 Å². The van der Waals surface area contributed by atoms with Crippen LogP contribution in [0.25, 0.3) is 0 Å². The van der Waals surface area contributed by atoms with Gasteiger partial charge >= 0.3 is 0 Å². The molecule has 1 aromatic rings. The van der Waals surface area contributed by atoms with E-state index in [1.54, 1.807) is 4.90 Å². The van der Waals surface area contributed by atoms with E-state index in [0.29, 0.717) is 26.1 Å². The lowest BCUT2D eigenvalue weighted by atomic mass is 10.1. The Hall–Kier alpha value is -1.44. The van der Waals surface area contributed by atoms with Crippen molar-refractivity contribution in [2.75, 3.05) is 32.8 Å². The van der Waals surface area contributed by atoms with E-state index in [0.717, 1.165) is 17.7 Å². The second-order valence-corrected chi connectivity index (χ2v) is 7.00. The lowest BCUT2D eigenvalue weighted by molar-refractivity contribution is -0.149. The van der Waals surface area contributed by atoms with Crippen LogP contribution in [0.4, 0.5) is 0 Å². The van der Waals surface area contributed by atoms with Gasteiger partial charge in [-0.3, -0.25) is 9.59 Å². The molecular formula is C16H22N2O4S. The smallest absolute Gasteiger partial charge is 0.249 e. The number of nitrogens with zero attached hydrogens (tertiary/aromatic N) is 2. The van der Waals surface area contributed by atoms with Gasteiger partial charge in [0, 0.05) is 24.0 Å². The van der Waals surface area contributed by atoms with Crippen LogP contribution in [0.5, 0.6) is 0 Å². The first-order valence-corrected chi connectivity index (χ1v) is 8.89. The molecule has 7 heteroatoms. The van der Waals surface area contributed by atoms with Crippen molar-refractivity contribution in [3.8, 4) is 0 Å². The number of carbonyl (C=O) groups excluding carboxylic acids is 2. The number of thiophene rings is 1. The number of ether oxygens (including phenoxy) is 1. The fourth-order valence-electron chi connectivity index (χ4n) is 3.24. The van der Waals surface area contributed by atoms with Crippen LogP contribution in [-0.4, -0.2) is 65.6 Å². The summed E-state index contributed by atoms with van der Waals surface area (Å²) in [4.78, 5) is 28.6. The fourth-order valence-corrected chi connectivity index (χ4v) is 3.96. The molecule has 0 saturated carbocycles. The zero-order valence-corrected chi connectivity index (χ0v) is 13.8. The summed E-state index contributed by atoms with van der Waals surface area (Å²) < 4.78 is 5.09. The summed E-state index contributed by atoms with van der Waals surface area (Å²) >= 11 is 1.53. The molecule has 23 heavy (non-hydrogen) atoms. The van der Waals surface area contributed by atoms with E-state index in [-0.39, 0.29) is 31.0 Å². The molecule has 1 aromatic heterocycles. The van der Waals surface area contributed by atoms with E-state index in [1.165, 1.54) is 11.3 Å². The van der Waals surface area contributed by atoms with Crippen molar-refractivity contribution in [1.82, 2.24) is 9.80 Å². The molecule has 2 aliphatic rings. The number of rotatable bonds is 5. The highest BCUT2D eigenvalue weighted by atomic mass is 32.1. The number of hydrogen-bond acceptors (Lipinski definition) is 5. The zero-order chi connectivity index (χ0) is 16.2. The lowest BCUT2D eigenvalue weighted by Crippen LogP contribution is -2.49. The number of amides is 2. The maximum atomic E-state index is 12.5. The quantitative estimate of drug-likeness (QED) is 0.870. The number of aliphatic hydroxyl groups excluding tert-OH is 1. The highest BCUT2D eigenvalue weighted by Crippen LogP contribution is 2.29. The molecule has 6 nitrogen and oxygen atoms in total. The topological polar surface area (TPSA) is 70.1 Å². The van der Waals surface area contributed by atoms with Crippen LogP contribution in [0.2, 0.25) is 0 Å². The second-order valence-electron chi connectivity index (χ2n) is 6.02. The van der Waals surface area contributed by atoms with Gasteiger partial charge in [0.05, 0.1) is 19.3 Å². The van der Waals surface area contributed by atoms with Crippen molar-refractivity contribution in [3.63, 3.8) is 0 Å². The Bertz CT molecular complexity index is 548. The molecule has 0 aliphatic carbocycles. The van der Waals surface area contributed by atoms with Crippen LogP contribution in [0, 0.1) is 0 Å². The first-order valence-electron chi connectivity index (χ1n) is 8.01. The Morgan fingerprint density at radius 1 is 1.48 bits per heavy atom. The zero-order valence-electron chi connectivity index (χ0n) is 13.0. The van der Waals surface area contributed by atoms with Crippen molar-refractivity contribution in [3.05, 3.63) is 22.4 Å². The average molecular weight is 338 g/mol. The SMILES string of the molecule is O=C1COCCN1CC(=O)N1CCC[C@@H]1C[C@H](O)c1cccs1. The Labute approximate surface area is 139 Å². The van der Waals surface area contributed by atoms with E-state index in [2.05, 4.69) is 0 Å². The van der Waals surface area contributed by atoms with Crippen molar-refractivity contribution in [2.45, 2.75) is 31.4 Å². The van der Waals surface area contributed by atoms with Gasteiger partial charge in [0.2, 0.25) is 11.8 Å². The van der Waals surface area contributed by atoms with Gasteiger partial charge in [-0.1, -0.05) is 6.07 Å². The predicted octanol–water partition coefficient (Wildman–Crippen LogP) is 1.02. The summed E-state index contributed by atoms with van der Waals surface area (Å²) in [6, 6.07) is 3.89. The molecule has 3 heterocycles. The number of hydrogen-bond donors (Lipinski definition) is 1. The molecule has 0 radical (unpaired) electrons. The third kappa shape index (κ3) is 3.91. The van der Waals surface area contributed by atoms with Gasteiger partial charge in [-0.25, -0.2) is 0 Å². The lowest BCUT2D eigenvalue weighted by Gasteiger charge is -2.31. The summed E-state index contributed by atoms with van der Waals surface area (Å²) in [7, 11) is 0. The van der Waals surface area contributed by atoms with Crippen LogP contribution in [0.3, 0.4) is 0 Å². The van der Waals surface area contributed by atoms with Crippen molar-refractivity contribution in [2.24, 2.45) is 0 Å². The Kier molecular flexibility index (Phi) is 5.30. The molecule has 2 saturated heterocycles. The van der Waals surface area contributed by atoms with Gasteiger partial charge in [-0.2, -0.15) is 0 Å². The molecule has 126 valence electrons. The van der Waals surface area contributed by atoms with E-state index in [4.69, 9.17) is 4.74 Å². The maximum Gasteiger partial charge on any atom is 0.249 e. The van der Waals surface area contributed by atoms with E-state index < -0.39 is 6.10 Å².